The topological polar surface area (TPSA) is 63.3 Å². The van der Waals surface area contributed by atoms with Crippen molar-refractivity contribution in [3.8, 4) is 0 Å². The Kier molecular flexibility index (Phi) is 3.67. The maximum Gasteiger partial charge on any atom is 0.328 e. The van der Waals surface area contributed by atoms with Crippen LogP contribution in [-0.2, 0) is 16.8 Å². The zero-order valence-electron chi connectivity index (χ0n) is 10.8. The number of aryl methyl sites for hydroxylation is 1. The Labute approximate surface area is 112 Å². The Bertz CT molecular complexity index is 563. The summed E-state index contributed by atoms with van der Waals surface area (Å²) in [6, 6.07) is 16.8. The minimum Gasteiger partial charge on any atom is -0.480 e. The van der Waals surface area contributed by atoms with Crippen LogP contribution in [0.1, 0.15) is 16.7 Å². The summed E-state index contributed by atoms with van der Waals surface area (Å²) < 4.78 is 0. The predicted molar refractivity (Wildman–Crippen MR) is 74.8 cm³/mol. The second-order valence-electron chi connectivity index (χ2n) is 4.80. The predicted octanol–water partition coefficient (Wildman–Crippen LogP) is 2.48. The van der Waals surface area contributed by atoms with E-state index in [1.807, 2.05) is 49.4 Å². The van der Waals surface area contributed by atoms with Gasteiger partial charge in [-0.15, -0.1) is 0 Å². The second-order valence-corrected chi connectivity index (χ2v) is 4.80. The third kappa shape index (κ3) is 2.83. The summed E-state index contributed by atoms with van der Waals surface area (Å²) in [6.45, 7) is 1.96. The molecule has 1 unspecified atom stereocenters. The van der Waals surface area contributed by atoms with Crippen LogP contribution in [0.5, 0.6) is 0 Å². The summed E-state index contributed by atoms with van der Waals surface area (Å²) >= 11 is 0. The van der Waals surface area contributed by atoms with Gasteiger partial charge >= 0.3 is 5.97 Å². The number of aliphatic carboxylic acids is 1. The molecular weight excluding hydrogens is 238 g/mol. The van der Waals surface area contributed by atoms with Crippen LogP contribution in [0.4, 0.5) is 0 Å². The molecule has 2 aromatic carbocycles. The average Bonchev–Trinajstić information content (AvgIpc) is 2.40. The quantitative estimate of drug-likeness (QED) is 0.882. The number of nitrogens with two attached hydrogens (primary N) is 1. The van der Waals surface area contributed by atoms with E-state index < -0.39 is 11.5 Å². The van der Waals surface area contributed by atoms with Crippen molar-refractivity contribution >= 4 is 5.97 Å². The molecule has 0 fully saturated rings. The van der Waals surface area contributed by atoms with Crippen LogP contribution in [0.15, 0.2) is 54.6 Å². The van der Waals surface area contributed by atoms with Crippen LogP contribution in [-0.4, -0.2) is 11.1 Å². The highest BCUT2D eigenvalue weighted by atomic mass is 16.4. The van der Waals surface area contributed by atoms with Gasteiger partial charge < -0.3 is 10.8 Å². The number of carboxylic acids is 1. The van der Waals surface area contributed by atoms with E-state index in [-0.39, 0.29) is 6.42 Å². The molecular formula is C16H17NO2. The SMILES string of the molecule is Cc1ccc(C(N)(Cc2ccccc2)C(=O)O)cc1. The van der Waals surface area contributed by atoms with Crippen molar-refractivity contribution in [3.05, 3.63) is 71.3 Å². The fourth-order valence-electron chi connectivity index (χ4n) is 2.07. The van der Waals surface area contributed by atoms with Crippen molar-refractivity contribution in [2.75, 3.05) is 0 Å². The molecule has 0 aromatic heterocycles. The molecule has 0 spiro atoms. The van der Waals surface area contributed by atoms with Gasteiger partial charge in [0.15, 0.2) is 0 Å². The van der Waals surface area contributed by atoms with Crippen molar-refractivity contribution in [3.63, 3.8) is 0 Å². The maximum absolute atomic E-state index is 11.6. The van der Waals surface area contributed by atoms with E-state index in [9.17, 15) is 9.90 Å². The summed E-state index contributed by atoms with van der Waals surface area (Å²) in [5.41, 5.74) is 7.36. The van der Waals surface area contributed by atoms with Crippen LogP contribution >= 0.6 is 0 Å². The summed E-state index contributed by atoms with van der Waals surface area (Å²) in [6.07, 6.45) is 0.270. The van der Waals surface area contributed by atoms with E-state index in [4.69, 9.17) is 5.73 Å². The first-order valence-electron chi connectivity index (χ1n) is 6.16. The number of carboxylic acid groups (broad SMARTS) is 1. The van der Waals surface area contributed by atoms with E-state index in [1.165, 1.54) is 0 Å². The first kappa shape index (κ1) is 13.3. The Morgan fingerprint density at radius 2 is 1.68 bits per heavy atom. The van der Waals surface area contributed by atoms with Gasteiger partial charge in [0.1, 0.15) is 5.54 Å². The van der Waals surface area contributed by atoms with E-state index in [1.54, 1.807) is 12.1 Å². The third-order valence-corrected chi connectivity index (χ3v) is 3.27. The lowest BCUT2D eigenvalue weighted by atomic mass is 9.84. The van der Waals surface area contributed by atoms with Crippen LogP contribution in [0.25, 0.3) is 0 Å². The minimum atomic E-state index is -1.39. The van der Waals surface area contributed by atoms with Gasteiger partial charge in [-0.05, 0) is 18.1 Å². The van der Waals surface area contributed by atoms with Crippen molar-refractivity contribution < 1.29 is 9.90 Å². The van der Waals surface area contributed by atoms with E-state index in [2.05, 4.69) is 0 Å². The average molecular weight is 255 g/mol. The molecule has 3 N–H and O–H groups in total. The molecule has 0 amide bonds. The molecule has 0 aliphatic heterocycles. The van der Waals surface area contributed by atoms with E-state index >= 15 is 0 Å². The Morgan fingerprint density at radius 3 is 2.21 bits per heavy atom. The van der Waals surface area contributed by atoms with Gasteiger partial charge in [0, 0.05) is 6.42 Å². The summed E-state index contributed by atoms with van der Waals surface area (Å²) in [7, 11) is 0. The number of rotatable bonds is 4. The molecule has 0 aliphatic carbocycles. The van der Waals surface area contributed by atoms with E-state index in [0.717, 1.165) is 11.1 Å². The van der Waals surface area contributed by atoms with Gasteiger partial charge in [0.25, 0.3) is 0 Å². The van der Waals surface area contributed by atoms with Crippen molar-refractivity contribution in [1.82, 2.24) is 0 Å². The smallest absolute Gasteiger partial charge is 0.328 e. The normalized spacial score (nSPS) is 13.8. The highest BCUT2D eigenvalue weighted by Crippen LogP contribution is 2.24. The van der Waals surface area contributed by atoms with Gasteiger partial charge in [-0.1, -0.05) is 60.2 Å². The molecule has 2 rings (SSSR count). The fraction of sp³-hybridized carbons (Fsp3) is 0.188. The standard InChI is InChI=1S/C16H17NO2/c1-12-7-9-14(10-8-12)16(17,15(18)19)11-13-5-3-2-4-6-13/h2-10H,11,17H2,1H3,(H,18,19). The Morgan fingerprint density at radius 1 is 1.11 bits per heavy atom. The van der Waals surface area contributed by atoms with Gasteiger partial charge in [-0.3, -0.25) is 0 Å². The molecule has 3 heteroatoms. The molecule has 98 valence electrons. The summed E-state index contributed by atoms with van der Waals surface area (Å²) in [5.74, 6) is -1.01. The monoisotopic (exact) mass is 255 g/mol. The molecule has 0 saturated carbocycles. The van der Waals surface area contributed by atoms with Crippen molar-refractivity contribution in [2.45, 2.75) is 18.9 Å². The fourth-order valence-corrected chi connectivity index (χ4v) is 2.07. The third-order valence-electron chi connectivity index (χ3n) is 3.27. The van der Waals surface area contributed by atoms with E-state index in [0.29, 0.717) is 5.56 Å². The highest BCUT2D eigenvalue weighted by Gasteiger charge is 2.36. The molecule has 0 saturated heterocycles. The summed E-state index contributed by atoms with van der Waals surface area (Å²) in [5, 5.41) is 9.49. The molecule has 0 bridgehead atoms. The number of benzene rings is 2. The van der Waals surface area contributed by atoms with Crippen LogP contribution in [0.3, 0.4) is 0 Å². The van der Waals surface area contributed by atoms with Crippen LogP contribution in [0, 0.1) is 6.92 Å². The second kappa shape index (κ2) is 5.24. The molecule has 0 heterocycles. The Balaban J connectivity index is 2.38. The first-order valence-corrected chi connectivity index (χ1v) is 6.16. The van der Waals surface area contributed by atoms with Gasteiger partial charge in [-0.25, -0.2) is 4.79 Å². The summed E-state index contributed by atoms with van der Waals surface area (Å²) in [4.78, 5) is 11.6. The largest absolute Gasteiger partial charge is 0.480 e. The molecule has 0 radical (unpaired) electrons. The molecule has 1 atom stereocenters. The lowest BCUT2D eigenvalue weighted by Gasteiger charge is -2.25. The number of hydrogen-bond acceptors (Lipinski definition) is 2. The molecule has 2 aromatic rings. The van der Waals surface area contributed by atoms with Gasteiger partial charge in [0.2, 0.25) is 0 Å². The van der Waals surface area contributed by atoms with Gasteiger partial charge in [0.05, 0.1) is 0 Å². The van der Waals surface area contributed by atoms with Crippen LogP contribution < -0.4 is 5.73 Å². The highest BCUT2D eigenvalue weighted by molar-refractivity contribution is 5.81. The lowest BCUT2D eigenvalue weighted by Crippen LogP contribution is -2.46. The van der Waals surface area contributed by atoms with Gasteiger partial charge in [-0.2, -0.15) is 0 Å². The zero-order chi connectivity index (χ0) is 13.9. The van der Waals surface area contributed by atoms with Crippen LogP contribution in [0.2, 0.25) is 0 Å². The minimum absolute atomic E-state index is 0.270. The lowest BCUT2D eigenvalue weighted by molar-refractivity contribution is -0.143. The molecule has 3 nitrogen and oxygen atoms in total. The van der Waals surface area contributed by atoms with Crippen molar-refractivity contribution in [1.29, 1.82) is 0 Å². The first-order chi connectivity index (χ1) is 9.02. The maximum atomic E-state index is 11.6. The zero-order valence-corrected chi connectivity index (χ0v) is 10.8. The van der Waals surface area contributed by atoms with Crippen molar-refractivity contribution in [2.24, 2.45) is 5.73 Å². The number of carbonyl (C=O) groups is 1. The number of hydrogen-bond donors (Lipinski definition) is 2. The molecule has 0 aliphatic rings. The Hall–Kier alpha value is -2.13. The molecule has 19 heavy (non-hydrogen) atoms.